The van der Waals surface area contributed by atoms with E-state index in [1.54, 1.807) is 7.11 Å². The Balaban J connectivity index is 2.30. The summed E-state index contributed by atoms with van der Waals surface area (Å²) in [7, 11) is 1.72. The van der Waals surface area contributed by atoms with Crippen molar-refractivity contribution in [3.8, 4) is 0 Å². The van der Waals surface area contributed by atoms with Crippen LogP contribution in [0, 0.1) is 0 Å². The minimum absolute atomic E-state index is 0.205. The van der Waals surface area contributed by atoms with Crippen LogP contribution in [-0.4, -0.2) is 56.2 Å². The molecule has 1 aliphatic carbocycles. The highest BCUT2D eigenvalue weighted by Crippen LogP contribution is 2.26. The number of nitrogens with two attached hydrogens (primary N) is 1. The number of rotatable bonds is 10. The second-order valence-electron chi connectivity index (χ2n) is 4.56. The Labute approximate surface area is 104 Å². The molecule has 1 aliphatic rings. The molecule has 0 aromatic carbocycles. The molecule has 100 valence electrons. The fourth-order valence-electron chi connectivity index (χ4n) is 2.01. The molecule has 1 amide bonds. The first-order chi connectivity index (χ1) is 8.19. The number of carbonyl (C=O) groups is 1. The lowest BCUT2D eigenvalue weighted by Gasteiger charge is -2.23. The molecule has 1 fully saturated rings. The third-order valence-corrected chi connectivity index (χ3v) is 3.14. The third kappa shape index (κ3) is 5.48. The van der Waals surface area contributed by atoms with Gasteiger partial charge in [-0.15, -0.1) is 0 Å². The molecule has 5 heteroatoms. The fraction of sp³-hybridized carbons (Fsp3) is 0.917. The minimum atomic E-state index is -0.255. The zero-order valence-corrected chi connectivity index (χ0v) is 10.9. The van der Waals surface area contributed by atoms with Crippen molar-refractivity contribution in [3.63, 3.8) is 0 Å². The van der Waals surface area contributed by atoms with E-state index in [0.717, 1.165) is 32.7 Å². The molecule has 0 saturated heterocycles. The fourth-order valence-corrected chi connectivity index (χ4v) is 2.01. The Hall–Kier alpha value is -0.650. The molecule has 1 saturated carbocycles. The van der Waals surface area contributed by atoms with Crippen molar-refractivity contribution in [1.82, 2.24) is 10.2 Å². The summed E-state index contributed by atoms with van der Waals surface area (Å²) in [5.74, 6) is -0.255. The van der Waals surface area contributed by atoms with Gasteiger partial charge in [0.25, 0.3) is 0 Å². The standard InChI is InChI=1S/C12H25N3O2/c1-3-14-11(12(13)16)6-7-15(8-9-17-2)10-4-5-10/h10-11,14H,3-9H2,1-2H3,(H2,13,16). The summed E-state index contributed by atoms with van der Waals surface area (Å²) in [6.45, 7) is 5.36. The average molecular weight is 243 g/mol. The van der Waals surface area contributed by atoms with Crippen molar-refractivity contribution in [2.75, 3.05) is 33.4 Å². The molecule has 1 unspecified atom stereocenters. The van der Waals surface area contributed by atoms with Crippen molar-refractivity contribution in [3.05, 3.63) is 0 Å². The first-order valence-electron chi connectivity index (χ1n) is 6.44. The van der Waals surface area contributed by atoms with Crippen LogP contribution in [0.5, 0.6) is 0 Å². The van der Waals surface area contributed by atoms with Crippen molar-refractivity contribution < 1.29 is 9.53 Å². The number of hydrogen-bond acceptors (Lipinski definition) is 4. The summed E-state index contributed by atoms with van der Waals surface area (Å²) >= 11 is 0. The predicted molar refractivity (Wildman–Crippen MR) is 67.7 cm³/mol. The Morgan fingerprint density at radius 1 is 1.53 bits per heavy atom. The first kappa shape index (κ1) is 14.4. The van der Waals surface area contributed by atoms with E-state index in [2.05, 4.69) is 10.2 Å². The van der Waals surface area contributed by atoms with Crippen molar-refractivity contribution in [1.29, 1.82) is 0 Å². The molecule has 5 nitrogen and oxygen atoms in total. The summed E-state index contributed by atoms with van der Waals surface area (Å²) in [5.41, 5.74) is 5.36. The molecule has 17 heavy (non-hydrogen) atoms. The highest BCUT2D eigenvalue weighted by Gasteiger charge is 2.29. The number of carbonyl (C=O) groups excluding carboxylic acids is 1. The first-order valence-corrected chi connectivity index (χ1v) is 6.44. The number of hydrogen-bond donors (Lipinski definition) is 2. The largest absolute Gasteiger partial charge is 0.383 e. The molecule has 0 bridgehead atoms. The van der Waals surface area contributed by atoms with Crippen LogP contribution in [-0.2, 0) is 9.53 Å². The lowest BCUT2D eigenvalue weighted by Crippen LogP contribution is -2.44. The van der Waals surface area contributed by atoms with Gasteiger partial charge >= 0.3 is 0 Å². The van der Waals surface area contributed by atoms with E-state index < -0.39 is 0 Å². The summed E-state index contributed by atoms with van der Waals surface area (Å²) in [6, 6.07) is 0.490. The van der Waals surface area contributed by atoms with Crippen LogP contribution in [0.1, 0.15) is 26.2 Å². The monoisotopic (exact) mass is 243 g/mol. The number of likely N-dealkylation sites (N-methyl/N-ethyl adjacent to an activating group) is 1. The number of amides is 1. The predicted octanol–water partition coefficient (Wildman–Crippen LogP) is -0.0493. The molecule has 1 atom stereocenters. The van der Waals surface area contributed by atoms with Gasteiger partial charge in [0.1, 0.15) is 0 Å². The molecule has 0 aliphatic heterocycles. The van der Waals surface area contributed by atoms with Crippen LogP contribution in [0.2, 0.25) is 0 Å². The topological polar surface area (TPSA) is 67.6 Å². The maximum atomic E-state index is 11.2. The molecule has 0 heterocycles. The Morgan fingerprint density at radius 2 is 2.24 bits per heavy atom. The van der Waals surface area contributed by atoms with E-state index >= 15 is 0 Å². The van der Waals surface area contributed by atoms with Crippen LogP contribution in [0.15, 0.2) is 0 Å². The SMILES string of the molecule is CCNC(CCN(CCOC)C1CC1)C(N)=O. The van der Waals surface area contributed by atoms with Gasteiger partial charge in [-0.25, -0.2) is 0 Å². The van der Waals surface area contributed by atoms with Gasteiger partial charge in [-0.05, 0) is 25.8 Å². The Kier molecular flexibility index (Phi) is 6.47. The van der Waals surface area contributed by atoms with Gasteiger partial charge < -0.3 is 15.8 Å². The van der Waals surface area contributed by atoms with Crippen molar-refractivity contribution in [2.24, 2.45) is 5.73 Å². The van der Waals surface area contributed by atoms with E-state index in [-0.39, 0.29) is 11.9 Å². The molecule has 1 rings (SSSR count). The van der Waals surface area contributed by atoms with Crippen LogP contribution in [0.3, 0.4) is 0 Å². The highest BCUT2D eigenvalue weighted by molar-refractivity contribution is 5.79. The van der Waals surface area contributed by atoms with E-state index in [1.165, 1.54) is 12.8 Å². The quantitative estimate of drug-likeness (QED) is 0.564. The summed E-state index contributed by atoms with van der Waals surface area (Å²) < 4.78 is 5.10. The van der Waals surface area contributed by atoms with Crippen LogP contribution in [0.4, 0.5) is 0 Å². The number of nitrogens with one attached hydrogen (secondary N) is 1. The molecule has 3 N–H and O–H groups in total. The molecule has 0 aromatic rings. The third-order valence-electron chi connectivity index (χ3n) is 3.14. The molecular formula is C12H25N3O2. The van der Waals surface area contributed by atoms with Gasteiger partial charge in [0.15, 0.2) is 0 Å². The second-order valence-corrected chi connectivity index (χ2v) is 4.56. The number of primary amides is 1. The van der Waals surface area contributed by atoms with Crippen LogP contribution < -0.4 is 11.1 Å². The smallest absolute Gasteiger partial charge is 0.234 e. The van der Waals surface area contributed by atoms with Gasteiger partial charge in [0, 0.05) is 26.2 Å². The summed E-state index contributed by atoms with van der Waals surface area (Å²) in [6.07, 6.45) is 3.32. The Bertz CT molecular complexity index is 232. The highest BCUT2D eigenvalue weighted by atomic mass is 16.5. The molecular weight excluding hydrogens is 218 g/mol. The maximum Gasteiger partial charge on any atom is 0.234 e. The van der Waals surface area contributed by atoms with Gasteiger partial charge in [-0.1, -0.05) is 6.92 Å². The zero-order chi connectivity index (χ0) is 12.7. The second kappa shape index (κ2) is 7.63. The summed E-state index contributed by atoms with van der Waals surface area (Å²) in [5, 5.41) is 3.12. The molecule has 0 aromatic heterocycles. The number of ether oxygens (including phenoxy) is 1. The maximum absolute atomic E-state index is 11.2. The number of methoxy groups -OCH3 is 1. The number of nitrogens with zero attached hydrogens (tertiary/aromatic N) is 1. The molecule has 0 spiro atoms. The van der Waals surface area contributed by atoms with Crippen molar-refractivity contribution >= 4 is 5.91 Å². The average Bonchev–Trinajstić information content (AvgIpc) is 3.11. The Morgan fingerprint density at radius 3 is 2.71 bits per heavy atom. The lowest BCUT2D eigenvalue weighted by molar-refractivity contribution is -0.120. The van der Waals surface area contributed by atoms with E-state index in [9.17, 15) is 4.79 Å². The van der Waals surface area contributed by atoms with E-state index in [1.807, 2.05) is 6.92 Å². The van der Waals surface area contributed by atoms with Gasteiger partial charge in [0.2, 0.25) is 5.91 Å². The van der Waals surface area contributed by atoms with Crippen molar-refractivity contribution in [2.45, 2.75) is 38.3 Å². The minimum Gasteiger partial charge on any atom is -0.383 e. The lowest BCUT2D eigenvalue weighted by atomic mass is 10.2. The normalized spacial score (nSPS) is 17.4. The zero-order valence-electron chi connectivity index (χ0n) is 10.9. The van der Waals surface area contributed by atoms with Crippen LogP contribution >= 0.6 is 0 Å². The van der Waals surface area contributed by atoms with Gasteiger partial charge in [-0.2, -0.15) is 0 Å². The summed E-state index contributed by atoms with van der Waals surface area (Å²) in [4.78, 5) is 13.6. The molecule has 0 radical (unpaired) electrons. The van der Waals surface area contributed by atoms with E-state index in [4.69, 9.17) is 10.5 Å². The van der Waals surface area contributed by atoms with Gasteiger partial charge in [-0.3, -0.25) is 9.69 Å². The van der Waals surface area contributed by atoms with Gasteiger partial charge in [0.05, 0.1) is 12.6 Å². The van der Waals surface area contributed by atoms with Crippen LogP contribution in [0.25, 0.3) is 0 Å². The van der Waals surface area contributed by atoms with E-state index in [0.29, 0.717) is 6.04 Å².